The molecule has 1 aliphatic rings. The van der Waals surface area contributed by atoms with E-state index in [4.69, 9.17) is 16.3 Å². The van der Waals surface area contributed by atoms with Crippen molar-refractivity contribution in [3.8, 4) is 5.75 Å². The summed E-state index contributed by atoms with van der Waals surface area (Å²) < 4.78 is 5.04. The summed E-state index contributed by atoms with van der Waals surface area (Å²) >= 11 is 6.00. The van der Waals surface area contributed by atoms with Crippen LogP contribution in [0.4, 0.5) is 16.2 Å². The Kier molecular flexibility index (Phi) is 6.17. The fourth-order valence-electron chi connectivity index (χ4n) is 2.95. The molecule has 10 nitrogen and oxygen atoms in total. The molecule has 0 unspecified atom stereocenters. The molecule has 4 amide bonds. The zero-order valence-electron chi connectivity index (χ0n) is 15.8. The number of hydrogen-bond acceptors (Lipinski definition) is 6. The van der Waals surface area contributed by atoms with Gasteiger partial charge in [0.25, 0.3) is 17.5 Å². The van der Waals surface area contributed by atoms with Gasteiger partial charge in [0.1, 0.15) is 5.75 Å². The predicted molar refractivity (Wildman–Crippen MR) is 108 cm³/mol. The Labute approximate surface area is 175 Å². The van der Waals surface area contributed by atoms with E-state index < -0.39 is 22.8 Å². The van der Waals surface area contributed by atoms with Crippen LogP contribution in [0.5, 0.6) is 5.75 Å². The molecule has 1 aliphatic heterocycles. The van der Waals surface area contributed by atoms with Crippen molar-refractivity contribution in [1.29, 1.82) is 0 Å². The third kappa shape index (κ3) is 4.33. The average molecular weight is 433 g/mol. The van der Waals surface area contributed by atoms with Crippen molar-refractivity contribution in [2.45, 2.75) is 6.42 Å². The molecule has 0 aliphatic carbocycles. The van der Waals surface area contributed by atoms with Crippen molar-refractivity contribution in [2.24, 2.45) is 0 Å². The first-order valence-electron chi connectivity index (χ1n) is 8.85. The maximum atomic E-state index is 12.4. The Morgan fingerprint density at radius 1 is 1.17 bits per heavy atom. The number of carbonyl (C=O) groups is 3. The maximum Gasteiger partial charge on any atom is 0.319 e. The van der Waals surface area contributed by atoms with Crippen LogP contribution < -0.4 is 15.4 Å². The fraction of sp³-hybridized carbons (Fsp3) is 0.211. The fourth-order valence-corrected chi connectivity index (χ4v) is 3.21. The van der Waals surface area contributed by atoms with Crippen molar-refractivity contribution >= 4 is 40.8 Å². The van der Waals surface area contributed by atoms with E-state index in [1.165, 1.54) is 25.3 Å². The van der Waals surface area contributed by atoms with E-state index in [1.54, 1.807) is 12.1 Å². The molecule has 2 N–H and O–H groups in total. The van der Waals surface area contributed by atoms with Crippen molar-refractivity contribution in [2.75, 3.05) is 25.5 Å². The van der Waals surface area contributed by atoms with Crippen LogP contribution in [0.25, 0.3) is 0 Å². The van der Waals surface area contributed by atoms with Gasteiger partial charge in [0.05, 0.1) is 28.2 Å². The lowest BCUT2D eigenvalue weighted by Gasteiger charge is -2.14. The standard InChI is InChI=1S/C19H17ClN4O6/c1-30-16-6-3-11(9-15(16)20)22-19(27)21-7-2-8-23-17(25)13-5-4-12(24(28)29)10-14(13)18(23)26/h3-6,9-10H,2,7-8H2,1H3,(H2,21,22,27). The molecule has 0 saturated carbocycles. The summed E-state index contributed by atoms with van der Waals surface area (Å²) in [4.78, 5) is 48.0. The van der Waals surface area contributed by atoms with Gasteiger partial charge in [-0.1, -0.05) is 11.6 Å². The van der Waals surface area contributed by atoms with Crippen LogP contribution in [0.1, 0.15) is 27.1 Å². The highest BCUT2D eigenvalue weighted by Crippen LogP contribution is 2.28. The second kappa shape index (κ2) is 8.78. The van der Waals surface area contributed by atoms with Gasteiger partial charge in [-0.25, -0.2) is 4.79 Å². The minimum atomic E-state index is -0.626. The largest absolute Gasteiger partial charge is 0.495 e. The van der Waals surface area contributed by atoms with E-state index in [-0.39, 0.29) is 29.9 Å². The Morgan fingerprint density at radius 3 is 2.57 bits per heavy atom. The van der Waals surface area contributed by atoms with Crippen LogP contribution in [0, 0.1) is 10.1 Å². The number of urea groups is 1. The number of fused-ring (bicyclic) bond motifs is 1. The second-order valence-electron chi connectivity index (χ2n) is 6.33. The number of imide groups is 1. The number of nitro benzene ring substituents is 1. The summed E-state index contributed by atoms with van der Waals surface area (Å²) in [6, 6.07) is 7.87. The number of non-ortho nitro benzene ring substituents is 1. The van der Waals surface area contributed by atoms with Gasteiger partial charge in [0, 0.05) is 30.9 Å². The van der Waals surface area contributed by atoms with E-state index in [1.807, 2.05) is 0 Å². The van der Waals surface area contributed by atoms with E-state index in [2.05, 4.69) is 10.6 Å². The first kappa shape index (κ1) is 21.1. The van der Waals surface area contributed by atoms with Gasteiger partial charge in [-0.05, 0) is 30.7 Å². The molecule has 1 heterocycles. The molecule has 2 aromatic rings. The number of carbonyl (C=O) groups excluding carboxylic acids is 3. The molecule has 0 fully saturated rings. The molecule has 0 bridgehead atoms. The summed E-state index contributed by atoms with van der Waals surface area (Å²) in [5.74, 6) is -0.618. The van der Waals surface area contributed by atoms with Crippen LogP contribution in [0.3, 0.4) is 0 Å². The third-order valence-electron chi connectivity index (χ3n) is 4.42. The SMILES string of the molecule is COc1ccc(NC(=O)NCCCN2C(=O)c3ccc([N+](=O)[O-])cc3C2=O)cc1Cl. The number of anilines is 1. The quantitative estimate of drug-likeness (QED) is 0.299. The third-order valence-corrected chi connectivity index (χ3v) is 4.71. The highest BCUT2D eigenvalue weighted by Gasteiger charge is 2.36. The molecule has 2 aromatic carbocycles. The summed E-state index contributed by atoms with van der Waals surface area (Å²) in [6.07, 6.45) is 0.310. The molecule has 11 heteroatoms. The Hall–Kier alpha value is -3.66. The van der Waals surface area contributed by atoms with Crippen molar-refractivity contribution in [1.82, 2.24) is 10.2 Å². The Bertz CT molecular complexity index is 1040. The Balaban J connectivity index is 1.50. The van der Waals surface area contributed by atoms with Gasteiger partial charge in [0.15, 0.2) is 0 Å². The van der Waals surface area contributed by atoms with E-state index in [9.17, 15) is 24.5 Å². The van der Waals surface area contributed by atoms with Gasteiger partial charge >= 0.3 is 6.03 Å². The zero-order chi connectivity index (χ0) is 21.8. The molecule has 0 spiro atoms. The first-order chi connectivity index (χ1) is 14.3. The van der Waals surface area contributed by atoms with Crippen molar-refractivity contribution in [3.05, 3.63) is 62.7 Å². The lowest BCUT2D eigenvalue weighted by molar-refractivity contribution is -0.384. The van der Waals surface area contributed by atoms with Gasteiger partial charge in [-0.3, -0.25) is 24.6 Å². The van der Waals surface area contributed by atoms with Crippen molar-refractivity contribution in [3.63, 3.8) is 0 Å². The number of nitro groups is 1. The van der Waals surface area contributed by atoms with E-state index in [0.717, 1.165) is 11.0 Å². The first-order valence-corrected chi connectivity index (χ1v) is 9.22. The van der Waals surface area contributed by atoms with Gasteiger partial charge in [-0.15, -0.1) is 0 Å². The minimum Gasteiger partial charge on any atom is -0.495 e. The lowest BCUT2D eigenvalue weighted by Crippen LogP contribution is -2.35. The number of rotatable bonds is 7. The molecule has 3 rings (SSSR count). The molecule has 30 heavy (non-hydrogen) atoms. The highest BCUT2D eigenvalue weighted by molar-refractivity contribution is 6.32. The minimum absolute atomic E-state index is 0.0105. The number of halogens is 1. The number of hydrogen-bond donors (Lipinski definition) is 2. The van der Waals surface area contributed by atoms with Crippen LogP contribution >= 0.6 is 11.6 Å². The predicted octanol–water partition coefficient (Wildman–Crippen LogP) is 3.06. The van der Waals surface area contributed by atoms with Gasteiger partial charge in [-0.2, -0.15) is 0 Å². The molecular formula is C19H17ClN4O6. The number of ether oxygens (including phenoxy) is 1. The normalized spacial score (nSPS) is 12.5. The Morgan fingerprint density at radius 2 is 1.90 bits per heavy atom. The lowest BCUT2D eigenvalue weighted by atomic mass is 10.1. The van der Waals surface area contributed by atoms with Crippen LogP contribution in [-0.2, 0) is 0 Å². The number of methoxy groups -OCH3 is 1. The summed E-state index contributed by atoms with van der Waals surface area (Å²) in [6.45, 7) is 0.262. The molecular weight excluding hydrogens is 416 g/mol. The average Bonchev–Trinajstić information content (AvgIpc) is 2.95. The number of amides is 4. The van der Waals surface area contributed by atoms with E-state index in [0.29, 0.717) is 22.9 Å². The van der Waals surface area contributed by atoms with Crippen LogP contribution in [0.15, 0.2) is 36.4 Å². The molecule has 0 radical (unpaired) electrons. The number of benzene rings is 2. The number of nitrogens with one attached hydrogen (secondary N) is 2. The maximum absolute atomic E-state index is 12.4. The van der Waals surface area contributed by atoms with Crippen LogP contribution in [0.2, 0.25) is 5.02 Å². The number of nitrogens with zero attached hydrogens (tertiary/aromatic N) is 2. The molecule has 156 valence electrons. The topological polar surface area (TPSA) is 131 Å². The van der Waals surface area contributed by atoms with Gasteiger partial charge < -0.3 is 15.4 Å². The van der Waals surface area contributed by atoms with E-state index >= 15 is 0 Å². The highest BCUT2D eigenvalue weighted by atomic mass is 35.5. The zero-order valence-corrected chi connectivity index (χ0v) is 16.6. The summed E-state index contributed by atoms with van der Waals surface area (Å²) in [7, 11) is 1.48. The molecule has 0 aromatic heterocycles. The molecule has 0 atom stereocenters. The van der Waals surface area contributed by atoms with Crippen LogP contribution in [-0.4, -0.2) is 47.9 Å². The van der Waals surface area contributed by atoms with Gasteiger partial charge in [0.2, 0.25) is 0 Å². The smallest absolute Gasteiger partial charge is 0.319 e. The summed E-state index contributed by atoms with van der Waals surface area (Å²) in [5, 5.41) is 16.4. The second-order valence-corrected chi connectivity index (χ2v) is 6.74. The van der Waals surface area contributed by atoms with Crippen molar-refractivity contribution < 1.29 is 24.0 Å². The monoisotopic (exact) mass is 432 g/mol. The molecule has 0 saturated heterocycles. The summed E-state index contributed by atoms with van der Waals surface area (Å²) in [5.41, 5.74) is 0.359.